The molecule has 1 atom stereocenters. The summed E-state index contributed by atoms with van der Waals surface area (Å²) in [6.45, 7) is -1.74. The molecule has 4 nitrogen and oxygen atoms in total. The normalized spacial score (nSPS) is 13.2. The molecule has 0 aliphatic heterocycles. The summed E-state index contributed by atoms with van der Waals surface area (Å²) in [7, 11) is 0. The van der Waals surface area contributed by atoms with E-state index in [4.69, 9.17) is 5.73 Å². The van der Waals surface area contributed by atoms with E-state index in [1.807, 2.05) is 5.32 Å². The zero-order chi connectivity index (χ0) is 12.9. The average molecular weight is 244 g/mol. The van der Waals surface area contributed by atoms with Crippen LogP contribution in [0.15, 0.2) is 30.3 Å². The molecule has 0 aliphatic carbocycles. The Balaban J connectivity index is 2.54. The quantitative estimate of drug-likeness (QED) is 0.703. The molecule has 6 heteroatoms. The van der Waals surface area contributed by atoms with Gasteiger partial charge in [0.1, 0.15) is 0 Å². The second kappa shape index (κ2) is 5.70. The molecule has 0 aliphatic rings. The number of carbonyl (C=O) groups is 1. The van der Waals surface area contributed by atoms with Crippen LogP contribution in [0.3, 0.4) is 0 Å². The van der Waals surface area contributed by atoms with Crippen LogP contribution < -0.4 is 11.1 Å². The Morgan fingerprint density at radius 2 is 2.00 bits per heavy atom. The maximum atomic E-state index is 12.8. The summed E-state index contributed by atoms with van der Waals surface area (Å²) in [5.41, 5.74) is 5.16. The van der Waals surface area contributed by atoms with Gasteiger partial charge in [-0.2, -0.15) is 0 Å². The summed E-state index contributed by atoms with van der Waals surface area (Å²) in [5, 5.41) is 11.5. The van der Waals surface area contributed by atoms with Gasteiger partial charge in [0.05, 0.1) is 13.1 Å². The maximum absolute atomic E-state index is 12.8. The van der Waals surface area contributed by atoms with E-state index in [-0.39, 0.29) is 0 Å². The predicted octanol–water partition coefficient (Wildman–Crippen LogP) is 0.430. The molecule has 0 saturated heterocycles. The number of nitrogens with two attached hydrogens (primary N) is 1. The molecule has 1 amide bonds. The zero-order valence-corrected chi connectivity index (χ0v) is 9.07. The van der Waals surface area contributed by atoms with Gasteiger partial charge >= 0.3 is 0 Å². The Bertz CT molecular complexity index is 371. The van der Waals surface area contributed by atoms with Crippen LogP contribution in [0, 0.1) is 0 Å². The number of rotatable bonds is 5. The molecule has 1 unspecified atom stereocenters. The number of amides is 1. The molecule has 0 saturated carbocycles. The van der Waals surface area contributed by atoms with E-state index >= 15 is 0 Å². The van der Waals surface area contributed by atoms with Gasteiger partial charge in [0.15, 0.2) is 6.10 Å². The fourth-order valence-corrected chi connectivity index (χ4v) is 1.17. The third-order valence-electron chi connectivity index (χ3n) is 2.18. The fourth-order valence-electron chi connectivity index (χ4n) is 1.17. The minimum atomic E-state index is -3.16. The largest absolute Gasteiger partial charge is 0.378 e. The minimum absolute atomic E-state index is 0.348. The molecule has 0 fully saturated rings. The standard InChI is InChI=1S/C11H14F2N2O2/c12-11(13,6-14)7-15-10(17)9(16)8-4-2-1-3-5-8/h1-5,9,16H,6-7,14H2,(H,15,17). The van der Waals surface area contributed by atoms with Gasteiger partial charge in [0.25, 0.3) is 11.8 Å². The fraction of sp³-hybridized carbons (Fsp3) is 0.364. The van der Waals surface area contributed by atoms with Crippen molar-refractivity contribution in [3.8, 4) is 0 Å². The predicted molar refractivity (Wildman–Crippen MR) is 58.4 cm³/mol. The Hall–Kier alpha value is -1.53. The number of aliphatic hydroxyl groups is 1. The lowest BCUT2D eigenvalue weighted by Gasteiger charge is -2.16. The lowest BCUT2D eigenvalue weighted by Crippen LogP contribution is -2.43. The van der Waals surface area contributed by atoms with Crippen LogP contribution in [0.4, 0.5) is 8.78 Å². The van der Waals surface area contributed by atoms with Crippen LogP contribution in [0.25, 0.3) is 0 Å². The van der Waals surface area contributed by atoms with Crippen molar-refractivity contribution >= 4 is 5.91 Å². The summed E-state index contributed by atoms with van der Waals surface area (Å²) in [6, 6.07) is 8.06. The number of aliphatic hydroxyl groups excluding tert-OH is 1. The van der Waals surface area contributed by atoms with Gasteiger partial charge in [0.2, 0.25) is 0 Å². The second-order valence-corrected chi connectivity index (χ2v) is 3.59. The van der Waals surface area contributed by atoms with Crippen molar-refractivity contribution in [3.05, 3.63) is 35.9 Å². The molecule has 0 bridgehead atoms. The Labute approximate surface area is 97.4 Å². The van der Waals surface area contributed by atoms with Gasteiger partial charge in [-0.25, -0.2) is 8.78 Å². The lowest BCUT2D eigenvalue weighted by atomic mass is 10.1. The third-order valence-corrected chi connectivity index (χ3v) is 2.18. The number of benzene rings is 1. The Morgan fingerprint density at radius 1 is 1.41 bits per heavy atom. The molecular weight excluding hydrogens is 230 g/mol. The van der Waals surface area contributed by atoms with Crippen LogP contribution in [0.2, 0.25) is 0 Å². The monoisotopic (exact) mass is 244 g/mol. The summed E-state index contributed by atoms with van der Waals surface area (Å²) in [5.74, 6) is -4.03. The molecule has 0 aromatic heterocycles. The van der Waals surface area contributed by atoms with Crippen molar-refractivity contribution in [2.24, 2.45) is 5.73 Å². The van der Waals surface area contributed by atoms with E-state index in [2.05, 4.69) is 0 Å². The number of hydrogen-bond acceptors (Lipinski definition) is 3. The van der Waals surface area contributed by atoms with E-state index in [0.29, 0.717) is 5.56 Å². The van der Waals surface area contributed by atoms with E-state index < -0.39 is 31.0 Å². The van der Waals surface area contributed by atoms with E-state index in [9.17, 15) is 18.7 Å². The topological polar surface area (TPSA) is 75.3 Å². The van der Waals surface area contributed by atoms with Crippen molar-refractivity contribution in [1.29, 1.82) is 0 Å². The van der Waals surface area contributed by atoms with Crippen LogP contribution in [0.5, 0.6) is 0 Å². The van der Waals surface area contributed by atoms with E-state index in [1.165, 1.54) is 12.1 Å². The highest BCUT2D eigenvalue weighted by Gasteiger charge is 2.28. The Kier molecular flexibility index (Phi) is 4.53. The summed E-state index contributed by atoms with van der Waals surface area (Å²) >= 11 is 0. The van der Waals surface area contributed by atoms with Crippen molar-refractivity contribution in [2.75, 3.05) is 13.1 Å². The van der Waals surface area contributed by atoms with Crippen molar-refractivity contribution in [2.45, 2.75) is 12.0 Å². The van der Waals surface area contributed by atoms with Gasteiger partial charge < -0.3 is 16.2 Å². The van der Waals surface area contributed by atoms with Crippen molar-refractivity contribution < 1.29 is 18.7 Å². The highest BCUT2D eigenvalue weighted by molar-refractivity contribution is 5.81. The first kappa shape index (κ1) is 13.5. The smallest absolute Gasteiger partial charge is 0.277 e. The average Bonchev–Trinajstić information content (AvgIpc) is 2.36. The first-order chi connectivity index (χ1) is 7.96. The minimum Gasteiger partial charge on any atom is -0.378 e. The van der Waals surface area contributed by atoms with Crippen LogP contribution in [-0.2, 0) is 4.79 Å². The molecule has 0 spiro atoms. The van der Waals surface area contributed by atoms with Crippen LogP contribution in [0.1, 0.15) is 11.7 Å². The summed E-state index contributed by atoms with van der Waals surface area (Å²) in [6.07, 6.45) is -1.45. The third kappa shape index (κ3) is 4.08. The number of alkyl halides is 2. The summed E-state index contributed by atoms with van der Waals surface area (Å²) < 4.78 is 25.5. The maximum Gasteiger partial charge on any atom is 0.277 e. The number of carbonyl (C=O) groups excluding carboxylic acids is 1. The van der Waals surface area contributed by atoms with Gasteiger partial charge in [-0.1, -0.05) is 30.3 Å². The highest BCUT2D eigenvalue weighted by atomic mass is 19.3. The lowest BCUT2D eigenvalue weighted by molar-refractivity contribution is -0.131. The molecule has 1 rings (SSSR count). The van der Waals surface area contributed by atoms with Gasteiger partial charge in [-0.05, 0) is 5.56 Å². The summed E-state index contributed by atoms with van der Waals surface area (Å²) in [4.78, 5) is 11.4. The first-order valence-electron chi connectivity index (χ1n) is 5.05. The number of hydrogen-bond donors (Lipinski definition) is 3. The van der Waals surface area contributed by atoms with Crippen molar-refractivity contribution in [3.63, 3.8) is 0 Å². The number of halogens is 2. The van der Waals surface area contributed by atoms with Gasteiger partial charge in [-0.3, -0.25) is 4.79 Å². The zero-order valence-electron chi connectivity index (χ0n) is 9.07. The van der Waals surface area contributed by atoms with E-state index in [1.54, 1.807) is 18.2 Å². The molecule has 1 aromatic carbocycles. The SMILES string of the molecule is NCC(F)(F)CNC(=O)C(O)c1ccccc1. The van der Waals surface area contributed by atoms with Gasteiger partial charge in [0, 0.05) is 0 Å². The second-order valence-electron chi connectivity index (χ2n) is 3.59. The first-order valence-corrected chi connectivity index (χ1v) is 5.05. The molecule has 94 valence electrons. The molecular formula is C11H14F2N2O2. The van der Waals surface area contributed by atoms with Crippen molar-refractivity contribution in [1.82, 2.24) is 5.32 Å². The van der Waals surface area contributed by atoms with Crippen LogP contribution in [-0.4, -0.2) is 30.0 Å². The Morgan fingerprint density at radius 3 is 2.53 bits per heavy atom. The molecule has 0 radical (unpaired) electrons. The van der Waals surface area contributed by atoms with Gasteiger partial charge in [-0.15, -0.1) is 0 Å². The highest BCUT2D eigenvalue weighted by Crippen LogP contribution is 2.13. The van der Waals surface area contributed by atoms with Crippen LogP contribution >= 0.6 is 0 Å². The molecule has 1 aromatic rings. The molecule has 17 heavy (non-hydrogen) atoms. The molecule has 4 N–H and O–H groups in total. The molecule has 0 heterocycles. The van der Waals surface area contributed by atoms with E-state index in [0.717, 1.165) is 0 Å². The number of nitrogens with one attached hydrogen (secondary N) is 1.